The summed E-state index contributed by atoms with van der Waals surface area (Å²) >= 11 is 0. The van der Waals surface area contributed by atoms with E-state index >= 15 is 0 Å². The minimum atomic E-state index is 0.00606. The topological polar surface area (TPSA) is 91.2 Å². The van der Waals surface area contributed by atoms with Gasteiger partial charge in [-0.1, -0.05) is 6.58 Å². The SMILES string of the molecule is C=C1Cn2c(nc3cc(C(=O)N4C[C@H]5CC[C@@H]4[C@@H]5N)cc(OC)c32)-c2cc3cccnc3n21. The van der Waals surface area contributed by atoms with Crippen LogP contribution in [-0.4, -0.2) is 55.6 Å². The molecule has 2 N–H and O–H groups in total. The van der Waals surface area contributed by atoms with Gasteiger partial charge in [0.15, 0.2) is 5.82 Å². The predicted octanol–water partition coefficient (Wildman–Crippen LogP) is 3.11. The summed E-state index contributed by atoms with van der Waals surface area (Å²) in [6.45, 7) is 5.60. The van der Waals surface area contributed by atoms with E-state index in [1.165, 1.54) is 0 Å². The van der Waals surface area contributed by atoms with Gasteiger partial charge in [0, 0.05) is 41.5 Å². The van der Waals surface area contributed by atoms with Crippen LogP contribution in [0.3, 0.4) is 0 Å². The van der Waals surface area contributed by atoms with Gasteiger partial charge in [0.2, 0.25) is 0 Å². The maximum Gasteiger partial charge on any atom is 0.254 e. The largest absolute Gasteiger partial charge is 0.494 e. The number of carbonyl (C=O) groups excluding carboxylic acids is 1. The highest BCUT2D eigenvalue weighted by molar-refractivity contribution is 6.01. The van der Waals surface area contributed by atoms with Crippen molar-refractivity contribution in [2.75, 3.05) is 13.7 Å². The number of carbonyl (C=O) groups is 1. The third-order valence-electron chi connectivity index (χ3n) is 7.64. The van der Waals surface area contributed by atoms with Gasteiger partial charge in [-0.2, -0.15) is 0 Å². The summed E-state index contributed by atoms with van der Waals surface area (Å²) in [6, 6.07) is 10.00. The Morgan fingerprint density at radius 1 is 1.27 bits per heavy atom. The van der Waals surface area contributed by atoms with E-state index < -0.39 is 0 Å². The molecule has 5 heterocycles. The Bertz CT molecular complexity index is 1500. The predicted molar refractivity (Wildman–Crippen MR) is 126 cm³/mol. The fourth-order valence-electron chi connectivity index (χ4n) is 6.08. The second-order valence-corrected chi connectivity index (χ2v) is 9.35. The molecule has 2 aliphatic heterocycles. The normalized spacial score (nSPS) is 23.4. The molecule has 3 atom stereocenters. The molecule has 33 heavy (non-hydrogen) atoms. The summed E-state index contributed by atoms with van der Waals surface area (Å²) in [5, 5.41) is 1.04. The van der Waals surface area contributed by atoms with E-state index in [0.717, 1.165) is 58.7 Å². The fraction of sp³-hybridized carbons (Fsp3) is 0.320. The summed E-state index contributed by atoms with van der Waals surface area (Å²) in [5.74, 6) is 1.87. The summed E-state index contributed by atoms with van der Waals surface area (Å²) in [6.07, 6.45) is 3.88. The maximum absolute atomic E-state index is 13.5. The molecule has 1 aromatic carbocycles. The Kier molecular flexibility index (Phi) is 3.69. The average Bonchev–Trinajstić information content (AvgIpc) is 3.57. The number of amides is 1. The first-order valence-corrected chi connectivity index (χ1v) is 11.3. The molecule has 1 saturated carbocycles. The van der Waals surface area contributed by atoms with Gasteiger partial charge in [0.25, 0.3) is 5.91 Å². The summed E-state index contributed by atoms with van der Waals surface area (Å²) in [7, 11) is 1.63. The third-order valence-corrected chi connectivity index (χ3v) is 7.64. The van der Waals surface area contributed by atoms with Gasteiger partial charge in [0.1, 0.15) is 16.9 Å². The van der Waals surface area contributed by atoms with Crippen LogP contribution in [0.15, 0.2) is 43.1 Å². The zero-order valence-corrected chi connectivity index (χ0v) is 18.4. The van der Waals surface area contributed by atoms with Gasteiger partial charge < -0.3 is 19.9 Å². The van der Waals surface area contributed by atoms with Crippen molar-refractivity contribution in [1.29, 1.82) is 0 Å². The number of pyridine rings is 1. The number of aromatic nitrogens is 4. The van der Waals surface area contributed by atoms with Crippen molar-refractivity contribution < 1.29 is 9.53 Å². The summed E-state index contributed by atoms with van der Waals surface area (Å²) in [5.41, 5.74) is 11.3. The maximum atomic E-state index is 13.5. The van der Waals surface area contributed by atoms with Crippen LogP contribution in [0.2, 0.25) is 0 Å². The highest BCUT2D eigenvalue weighted by Crippen LogP contribution is 2.41. The van der Waals surface area contributed by atoms with E-state index in [-0.39, 0.29) is 18.0 Å². The van der Waals surface area contributed by atoms with Gasteiger partial charge >= 0.3 is 0 Å². The number of nitrogens with two attached hydrogens (primary N) is 1. The van der Waals surface area contributed by atoms with E-state index in [2.05, 4.69) is 26.8 Å². The third kappa shape index (κ3) is 2.41. The number of allylic oxidation sites excluding steroid dienone is 1. The summed E-state index contributed by atoms with van der Waals surface area (Å²) < 4.78 is 9.95. The van der Waals surface area contributed by atoms with E-state index in [1.807, 2.05) is 29.2 Å². The monoisotopic (exact) mass is 440 g/mol. The van der Waals surface area contributed by atoms with Crippen LogP contribution in [0.1, 0.15) is 23.2 Å². The average molecular weight is 441 g/mol. The van der Waals surface area contributed by atoms with Crippen molar-refractivity contribution >= 4 is 33.7 Å². The number of hydrogen-bond donors (Lipinski definition) is 1. The molecule has 0 spiro atoms. The number of benzene rings is 1. The Balaban J connectivity index is 1.39. The number of nitrogens with zero attached hydrogens (tertiary/aromatic N) is 5. The Morgan fingerprint density at radius 3 is 2.91 bits per heavy atom. The van der Waals surface area contributed by atoms with Crippen molar-refractivity contribution in [3.05, 3.63) is 48.7 Å². The molecular weight excluding hydrogens is 416 g/mol. The molecule has 1 amide bonds. The molecule has 3 aromatic heterocycles. The number of fused-ring (bicyclic) bond motifs is 9. The Hall–Kier alpha value is -3.65. The van der Waals surface area contributed by atoms with Crippen LogP contribution in [0, 0.1) is 5.92 Å². The molecule has 7 rings (SSSR count). The first-order valence-electron chi connectivity index (χ1n) is 11.3. The molecular formula is C25H24N6O2. The smallest absolute Gasteiger partial charge is 0.254 e. The minimum absolute atomic E-state index is 0.00606. The lowest BCUT2D eigenvalue weighted by molar-refractivity contribution is 0.0700. The number of ether oxygens (including phenoxy) is 1. The van der Waals surface area contributed by atoms with Crippen molar-refractivity contribution in [3.8, 4) is 17.3 Å². The van der Waals surface area contributed by atoms with E-state index in [4.69, 9.17) is 15.5 Å². The lowest BCUT2D eigenvalue weighted by Crippen LogP contribution is -2.41. The first kappa shape index (κ1) is 18.9. The number of rotatable bonds is 2. The molecule has 0 unspecified atom stereocenters. The highest BCUT2D eigenvalue weighted by atomic mass is 16.5. The Labute approximate surface area is 190 Å². The lowest BCUT2D eigenvalue weighted by Gasteiger charge is -2.27. The molecule has 8 heteroatoms. The van der Waals surface area contributed by atoms with Crippen molar-refractivity contribution in [3.63, 3.8) is 0 Å². The number of hydrogen-bond acceptors (Lipinski definition) is 5. The standard InChI is InChI=1S/C25H24N6O2/c1-13-11-30-22-17(28-24(30)19-9-14-4-3-7-27-23(14)31(13)19)8-16(10-20(22)33-2)25(32)29-12-15-5-6-18(29)21(15)26/h3-4,7-10,15,18,21H,1,5-6,11-12,26H2,2H3/t15-,18-,21-/m1/s1. The molecule has 8 nitrogen and oxygen atoms in total. The van der Waals surface area contributed by atoms with E-state index in [1.54, 1.807) is 13.3 Å². The lowest BCUT2D eigenvalue weighted by atomic mass is 10.1. The minimum Gasteiger partial charge on any atom is -0.494 e. The highest BCUT2D eigenvalue weighted by Gasteiger charge is 2.47. The molecule has 3 aliphatic rings. The zero-order valence-electron chi connectivity index (χ0n) is 18.4. The van der Waals surface area contributed by atoms with Crippen molar-refractivity contribution in [2.45, 2.75) is 31.5 Å². The number of imidazole rings is 1. The second-order valence-electron chi connectivity index (χ2n) is 9.35. The fourth-order valence-corrected chi connectivity index (χ4v) is 6.08. The van der Waals surface area contributed by atoms with Crippen LogP contribution < -0.4 is 10.5 Å². The van der Waals surface area contributed by atoms with Crippen molar-refractivity contribution in [2.24, 2.45) is 11.7 Å². The number of methoxy groups -OCH3 is 1. The van der Waals surface area contributed by atoms with Gasteiger partial charge in [-0.3, -0.25) is 9.36 Å². The zero-order chi connectivity index (χ0) is 22.4. The van der Waals surface area contributed by atoms with Gasteiger partial charge in [-0.25, -0.2) is 9.97 Å². The quantitative estimate of drug-likeness (QED) is 0.517. The van der Waals surface area contributed by atoms with Gasteiger partial charge in [-0.15, -0.1) is 0 Å². The molecule has 4 aromatic rings. The van der Waals surface area contributed by atoms with Crippen LogP contribution in [0.25, 0.3) is 39.3 Å². The van der Waals surface area contributed by atoms with Crippen LogP contribution in [0.4, 0.5) is 0 Å². The van der Waals surface area contributed by atoms with Crippen LogP contribution in [0.5, 0.6) is 5.75 Å². The molecule has 1 aliphatic carbocycles. The molecule has 2 bridgehead atoms. The van der Waals surface area contributed by atoms with Crippen LogP contribution in [-0.2, 0) is 6.54 Å². The number of piperidine rings is 1. The number of likely N-dealkylation sites (tertiary alicyclic amines) is 1. The van der Waals surface area contributed by atoms with E-state index in [9.17, 15) is 4.79 Å². The van der Waals surface area contributed by atoms with Gasteiger partial charge in [-0.05, 0) is 49.1 Å². The van der Waals surface area contributed by atoms with Crippen LogP contribution >= 0.6 is 0 Å². The molecule has 166 valence electrons. The first-order chi connectivity index (χ1) is 16.0. The molecule has 2 fully saturated rings. The second kappa shape index (κ2) is 6.45. The molecule has 0 radical (unpaired) electrons. The van der Waals surface area contributed by atoms with E-state index in [0.29, 0.717) is 23.8 Å². The Morgan fingerprint density at radius 2 is 2.15 bits per heavy atom. The van der Waals surface area contributed by atoms with Gasteiger partial charge in [0.05, 0.1) is 24.9 Å². The van der Waals surface area contributed by atoms with Crippen molar-refractivity contribution in [1.82, 2.24) is 24.0 Å². The summed E-state index contributed by atoms with van der Waals surface area (Å²) in [4.78, 5) is 24.9. The molecule has 1 saturated heterocycles.